The number of amides is 2. The van der Waals surface area contributed by atoms with E-state index in [1.54, 1.807) is 4.90 Å². The molecule has 6 heteroatoms. The lowest BCUT2D eigenvalue weighted by atomic mass is 10.1. The Labute approximate surface area is 171 Å². The number of rotatable bonds is 5. The minimum Gasteiger partial charge on any atom is -0.378 e. The van der Waals surface area contributed by atoms with Crippen LogP contribution in [-0.2, 0) is 20.9 Å². The second-order valence-electron chi connectivity index (χ2n) is 7.80. The van der Waals surface area contributed by atoms with Crippen LogP contribution in [0.2, 0.25) is 0 Å². The van der Waals surface area contributed by atoms with Crippen LogP contribution in [0.15, 0.2) is 48.5 Å². The Kier molecular flexibility index (Phi) is 5.81. The lowest BCUT2D eigenvalue weighted by Crippen LogP contribution is -2.36. The number of hydrogen-bond acceptors (Lipinski definition) is 4. The van der Waals surface area contributed by atoms with Crippen molar-refractivity contribution < 1.29 is 14.3 Å². The number of carbonyl (C=O) groups excluding carboxylic acids is 2. The fraction of sp³-hybridized carbons (Fsp3) is 0.391. The van der Waals surface area contributed by atoms with Crippen molar-refractivity contribution in [2.75, 3.05) is 43.1 Å². The topological polar surface area (TPSA) is 61.9 Å². The Balaban J connectivity index is 1.32. The van der Waals surface area contributed by atoms with E-state index in [2.05, 4.69) is 10.2 Å². The van der Waals surface area contributed by atoms with Crippen LogP contribution in [0, 0.1) is 12.8 Å². The number of anilines is 2. The van der Waals surface area contributed by atoms with Gasteiger partial charge >= 0.3 is 0 Å². The third-order valence-corrected chi connectivity index (χ3v) is 5.59. The summed E-state index contributed by atoms with van der Waals surface area (Å²) >= 11 is 0. The van der Waals surface area contributed by atoms with E-state index < -0.39 is 0 Å². The molecule has 4 rings (SSSR count). The highest BCUT2D eigenvalue weighted by atomic mass is 16.5. The van der Waals surface area contributed by atoms with Gasteiger partial charge in [-0.2, -0.15) is 0 Å². The SMILES string of the molecule is Cc1ccc(CN2C[C@@H](C(=O)Nc3ccc(N4CCOCC4)cc3)CC2=O)cc1. The molecule has 1 N–H and O–H groups in total. The van der Waals surface area contributed by atoms with Crippen LogP contribution in [0.5, 0.6) is 0 Å². The van der Waals surface area contributed by atoms with Gasteiger partial charge in [0.1, 0.15) is 0 Å². The molecule has 0 aromatic heterocycles. The Morgan fingerprint density at radius 1 is 1.07 bits per heavy atom. The lowest BCUT2D eigenvalue weighted by Gasteiger charge is -2.28. The van der Waals surface area contributed by atoms with Gasteiger partial charge in [0.25, 0.3) is 0 Å². The van der Waals surface area contributed by atoms with Gasteiger partial charge in [-0.15, -0.1) is 0 Å². The number of benzene rings is 2. The number of nitrogens with one attached hydrogen (secondary N) is 1. The molecule has 2 saturated heterocycles. The maximum absolute atomic E-state index is 12.7. The molecule has 1 atom stereocenters. The standard InChI is InChI=1S/C23H27N3O3/c1-17-2-4-18(5-3-17)15-26-16-19(14-22(26)27)23(28)24-20-6-8-21(9-7-20)25-10-12-29-13-11-25/h2-9,19H,10-16H2,1H3,(H,24,28)/t19-/m0/s1. The first-order valence-corrected chi connectivity index (χ1v) is 10.2. The smallest absolute Gasteiger partial charge is 0.229 e. The van der Waals surface area contributed by atoms with Gasteiger partial charge in [-0.1, -0.05) is 29.8 Å². The zero-order valence-electron chi connectivity index (χ0n) is 16.8. The van der Waals surface area contributed by atoms with Gasteiger partial charge in [-0.25, -0.2) is 0 Å². The van der Waals surface area contributed by atoms with Gasteiger partial charge < -0.3 is 19.9 Å². The van der Waals surface area contributed by atoms with Crippen LogP contribution in [0.25, 0.3) is 0 Å². The number of nitrogens with zero attached hydrogens (tertiary/aromatic N) is 2. The minimum atomic E-state index is -0.313. The van der Waals surface area contributed by atoms with Crippen molar-refractivity contribution in [2.45, 2.75) is 19.9 Å². The van der Waals surface area contributed by atoms with E-state index in [1.807, 2.05) is 55.5 Å². The summed E-state index contributed by atoms with van der Waals surface area (Å²) in [5.74, 6) is -0.371. The van der Waals surface area contributed by atoms with E-state index >= 15 is 0 Å². The molecule has 2 aliphatic rings. The molecular weight excluding hydrogens is 366 g/mol. The normalized spacial score (nSPS) is 19.5. The molecule has 2 amide bonds. The molecular formula is C23H27N3O3. The molecule has 2 aliphatic heterocycles. The largest absolute Gasteiger partial charge is 0.378 e. The number of ether oxygens (including phenoxy) is 1. The molecule has 0 unspecified atom stereocenters. The highest BCUT2D eigenvalue weighted by Crippen LogP contribution is 2.23. The molecule has 0 saturated carbocycles. The van der Waals surface area contributed by atoms with Crippen LogP contribution in [0.1, 0.15) is 17.5 Å². The number of likely N-dealkylation sites (tertiary alicyclic amines) is 1. The van der Waals surface area contributed by atoms with Crippen LogP contribution >= 0.6 is 0 Å². The highest BCUT2D eigenvalue weighted by Gasteiger charge is 2.34. The van der Waals surface area contributed by atoms with E-state index in [4.69, 9.17) is 4.74 Å². The second-order valence-corrected chi connectivity index (χ2v) is 7.80. The first-order chi connectivity index (χ1) is 14.1. The van der Waals surface area contributed by atoms with E-state index in [0.717, 1.165) is 43.2 Å². The molecule has 0 aliphatic carbocycles. The van der Waals surface area contributed by atoms with E-state index in [9.17, 15) is 9.59 Å². The van der Waals surface area contributed by atoms with E-state index in [0.29, 0.717) is 13.1 Å². The average molecular weight is 393 g/mol. The van der Waals surface area contributed by atoms with Crippen molar-refractivity contribution >= 4 is 23.2 Å². The fourth-order valence-electron chi connectivity index (χ4n) is 3.84. The average Bonchev–Trinajstić information content (AvgIpc) is 3.11. The van der Waals surface area contributed by atoms with Crippen molar-refractivity contribution in [3.8, 4) is 0 Å². The van der Waals surface area contributed by atoms with Crippen LogP contribution < -0.4 is 10.2 Å². The quantitative estimate of drug-likeness (QED) is 0.849. The molecule has 2 heterocycles. The summed E-state index contributed by atoms with van der Waals surface area (Å²) in [5, 5.41) is 2.97. The summed E-state index contributed by atoms with van der Waals surface area (Å²) in [6.45, 7) is 6.31. The van der Waals surface area contributed by atoms with Crippen molar-refractivity contribution in [1.29, 1.82) is 0 Å². The Morgan fingerprint density at radius 3 is 2.45 bits per heavy atom. The summed E-state index contributed by atoms with van der Waals surface area (Å²) in [6.07, 6.45) is 0.267. The molecule has 2 aromatic rings. The van der Waals surface area contributed by atoms with Crippen LogP contribution in [-0.4, -0.2) is 49.6 Å². The summed E-state index contributed by atoms with van der Waals surface area (Å²) in [5.41, 5.74) is 4.17. The first kappa shape index (κ1) is 19.5. The molecule has 0 radical (unpaired) electrons. The third-order valence-electron chi connectivity index (χ3n) is 5.59. The van der Waals surface area contributed by atoms with Gasteiger partial charge in [0.15, 0.2) is 0 Å². The predicted octanol–water partition coefficient (Wildman–Crippen LogP) is 2.82. The zero-order chi connectivity index (χ0) is 20.2. The van der Waals surface area contributed by atoms with Crippen molar-refractivity contribution in [3.05, 3.63) is 59.7 Å². The van der Waals surface area contributed by atoms with Crippen molar-refractivity contribution in [3.63, 3.8) is 0 Å². The summed E-state index contributed by atoms with van der Waals surface area (Å²) in [7, 11) is 0. The lowest BCUT2D eigenvalue weighted by molar-refractivity contribution is -0.128. The number of carbonyl (C=O) groups is 2. The number of morpholine rings is 1. The summed E-state index contributed by atoms with van der Waals surface area (Å²) < 4.78 is 5.38. The molecule has 0 bridgehead atoms. The predicted molar refractivity (Wildman–Crippen MR) is 113 cm³/mol. The molecule has 6 nitrogen and oxygen atoms in total. The van der Waals surface area contributed by atoms with Crippen LogP contribution in [0.3, 0.4) is 0 Å². The van der Waals surface area contributed by atoms with Crippen molar-refractivity contribution in [1.82, 2.24) is 4.90 Å². The Bertz CT molecular complexity index is 858. The van der Waals surface area contributed by atoms with Gasteiger partial charge in [-0.05, 0) is 36.8 Å². The van der Waals surface area contributed by atoms with Crippen LogP contribution in [0.4, 0.5) is 11.4 Å². The number of aryl methyl sites for hydroxylation is 1. The Morgan fingerprint density at radius 2 is 1.76 bits per heavy atom. The third kappa shape index (κ3) is 4.77. The Hall–Kier alpha value is -2.86. The zero-order valence-corrected chi connectivity index (χ0v) is 16.8. The monoisotopic (exact) mass is 393 g/mol. The molecule has 2 fully saturated rings. The second kappa shape index (κ2) is 8.66. The fourth-order valence-corrected chi connectivity index (χ4v) is 3.84. The van der Waals surface area contributed by atoms with E-state index in [-0.39, 0.29) is 24.2 Å². The minimum absolute atomic E-state index is 0.0355. The molecule has 152 valence electrons. The molecule has 2 aromatic carbocycles. The summed E-state index contributed by atoms with van der Waals surface area (Å²) in [4.78, 5) is 29.1. The van der Waals surface area contributed by atoms with Gasteiger partial charge in [0.2, 0.25) is 11.8 Å². The maximum Gasteiger partial charge on any atom is 0.229 e. The number of hydrogen-bond donors (Lipinski definition) is 1. The van der Waals surface area contributed by atoms with Gasteiger partial charge in [-0.3, -0.25) is 9.59 Å². The van der Waals surface area contributed by atoms with Gasteiger partial charge in [0.05, 0.1) is 19.1 Å². The van der Waals surface area contributed by atoms with Gasteiger partial charge in [0, 0.05) is 44.0 Å². The van der Waals surface area contributed by atoms with Crippen molar-refractivity contribution in [2.24, 2.45) is 5.92 Å². The van der Waals surface area contributed by atoms with E-state index in [1.165, 1.54) is 5.56 Å². The maximum atomic E-state index is 12.7. The first-order valence-electron chi connectivity index (χ1n) is 10.2. The highest BCUT2D eigenvalue weighted by molar-refractivity contribution is 5.97. The molecule has 0 spiro atoms. The summed E-state index contributed by atoms with van der Waals surface area (Å²) in [6, 6.07) is 16.0. The molecule has 29 heavy (non-hydrogen) atoms.